The van der Waals surface area contributed by atoms with E-state index in [2.05, 4.69) is 32.4 Å². The average molecular weight is 257 g/mol. The number of nitrogens with zero attached hydrogens (tertiary/aromatic N) is 2. The summed E-state index contributed by atoms with van der Waals surface area (Å²) < 4.78 is 2.19. The smallest absolute Gasteiger partial charge is 0.0668 e. The highest BCUT2D eigenvalue weighted by molar-refractivity contribution is 6.17. The summed E-state index contributed by atoms with van der Waals surface area (Å²) in [6.07, 6.45) is 4.51. The van der Waals surface area contributed by atoms with Gasteiger partial charge in [0.05, 0.1) is 11.6 Å². The van der Waals surface area contributed by atoms with E-state index in [1.165, 1.54) is 29.8 Å². The Morgan fingerprint density at radius 3 is 2.41 bits per heavy atom. The van der Waals surface area contributed by atoms with E-state index in [-0.39, 0.29) is 0 Å². The van der Waals surface area contributed by atoms with Gasteiger partial charge in [0.2, 0.25) is 0 Å². The van der Waals surface area contributed by atoms with Crippen molar-refractivity contribution < 1.29 is 0 Å². The molecule has 0 aliphatic carbocycles. The van der Waals surface area contributed by atoms with Gasteiger partial charge in [-0.2, -0.15) is 5.10 Å². The van der Waals surface area contributed by atoms with Crippen molar-refractivity contribution in [3.8, 4) is 0 Å². The highest BCUT2D eigenvalue weighted by Gasteiger charge is 2.15. The van der Waals surface area contributed by atoms with Crippen molar-refractivity contribution in [2.45, 2.75) is 65.8 Å². The summed E-state index contributed by atoms with van der Waals surface area (Å²) in [4.78, 5) is 0. The van der Waals surface area contributed by atoms with Gasteiger partial charge in [-0.05, 0) is 25.2 Å². The molecule has 0 aliphatic rings. The fourth-order valence-electron chi connectivity index (χ4n) is 2.45. The van der Waals surface area contributed by atoms with Gasteiger partial charge in [-0.15, -0.1) is 11.6 Å². The zero-order chi connectivity index (χ0) is 12.8. The highest BCUT2D eigenvalue weighted by Crippen LogP contribution is 2.20. The van der Waals surface area contributed by atoms with Crippen molar-refractivity contribution in [2.75, 3.05) is 0 Å². The summed E-state index contributed by atoms with van der Waals surface area (Å²) >= 11 is 6.05. The van der Waals surface area contributed by atoms with Crippen molar-refractivity contribution in [2.24, 2.45) is 5.92 Å². The van der Waals surface area contributed by atoms with E-state index in [9.17, 15) is 0 Å². The van der Waals surface area contributed by atoms with Crippen LogP contribution >= 0.6 is 11.6 Å². The summed E-state index contributed by atoms with van der Waals surface area (Å²) in [5, 5.41) is 4.72. The Hall–Kier alpha value is -0.500. The van der Waals surface area contributed by atoms with Crippen LogP contribution in [0, 0.1) is 5.92 Å². The molecule has 17 heavy (non-hydrogen) atoms. The van der Waals surface area contributed by atoms with Crippen molar-refractivity contribution in [1.29, 1.82) is 0 Å². The van der Waals surface area contributed by atoms with Gasteiger partial charge < -0.3 is 0 Å². The van der Waals surface area contributed by atoms with Crippen molar-refractivity contribution in [1.82, 2.24) is 9.78 Å². The number of alkyl halides is 1. The average Bonchev–Trinajstić information content (AvgIpc) is 2.65. The standard InChI is InChI=1S/C14H25ClN2/c1-5-8-11(4)10-17-14(7-3)12(9-15)13(6-2)16-17/h11H,5-10H2,1-4H3. The summed E-state index contributed by atoms with van der Waals surface area (Å²) in [6.45, 7) is 9.91. The lowest BCUT2D eigenvalue weighted by Gasteiger charge is -2.12. The fraction of sp³-hybridized carbons (Fsp3) is 0.786. The van der Waals surface area contributed by atoms with E-state index < -0.39 is 0 Å². The minimum Gasteiger partial charge on any atom is -0.269 e. The van der Waals surface area contributed by atoms with Gasteiger partial charge in [0, 0.05) is 17.8 Å². The zero-order valence-electron chi connectivity index (χ0n) is 11.6. The van der Waals surface area contributed by atoms with Gasteiger partial charge in [-0.25, -0.2) is 0 Å². The predicted octanol–water partition coefficient (Wildman–Crippen LogP) is 4.18. The monoisotopic (exact) mass is 256 g/mol. The molecular weight excluding hydrogens is 232 g/mol. The molecule has 98 valence electrons. The van der Waals surface area contributed by atoms with Crippen molar-refractivity contribution in [3.05, 3.63) is 17.0 Å². The van der Waals surface area contributed by atoms with E-state index >= 15 is 0 Å². The van der Waals surface area contributed by atoms with Crippen LogP contribution < -0.4 is 0 Å². The Morgan fingerprint density at radius 2 is 1.94 bits per heavy atom. The lowest BCUT2D eigenvalue weighted by molar-refractivity contribution is 0.410. The van der Waals surface area contributed by atoms with Crippen LogP contribution in [0.5, 0.6) is 0 Å². The Balaban J connectivity index is 2.94. The first kappa shape index (κ1) is 14.6. The molecule has 0 aliphatic heterocycles. The molecule has 1 atom stereocenters. The van der Waals surface area contributed by atoms with Gasteiger partial charge in [0.25, 0.3) is 0 Å². The summed E-state index contributed by atoms with van der Waals surface area (Å²) in [5.41, 5.74) is 3.78. The lowest BCUT2D eigenvalue weighted by atomic mass is 10.1. The molecule has 1 aromatic heterocycles. The van der Waals surface area contributed by atoms with Crippen LogP contribution in [0.2, 0.25) is 0 Å². The SMILES string of the molecule is CCCC(C)Cn1nc(CC)c(CCl)c1CC. The summed E-state index contributed by atoms with van der Waals surface area (Å²) in [6, 6.07) is 0. The largest absolute Gasteiger partial charge is 0.269 e. The highest BCUT2D eigenvalue weighted by atomic mass is 35.5. The third-order valence-corrected chi connectivity index (χ3v) is 3.59. The topological polar surface area (TPSA) is 17.8 Å². The predicted molar refractivity (Wildman–Crippen MR) is 74.6 cm³/mol. The van der Waals surface area contributed by atoms with Crippen LogP contribution in [0.3, 0.4) is 0 Å². The van der Waals surface area contributed by atoms with E-state index in [4.69, 9.17) is 16.7 Å². The van der Waals surface area contributed by atoms with Gasteiger partial charge >= 0.3 is 0 Å². The molecule has 0 saturated heterocycles. The van der Waals surface area contributed by atoms with E-state index in [0.29, 0.717) is 11.8 Å². The second-order valence-corrected chi connectivity index (χ2v) is 5.06. The Kier molecular flexibility index (Phi) is 6.04. The number of rotatable bonds is 7. The Labute approximate surface area is 110 Å². The molecule has 2 nitrogen and oxygen atoms in total. The normalized spacial score (nSPS) is 13.0. The van der Waals surface area contributed by atoms with Gasteiger partial charge in [0.15, 0.2) is 0 Å². The van der Waals surface area contributed by atoms with Gasteiger partial charge in [0.1, 0.15) is 0 Å². The molecule has 0 saturated carbocycles. The molecule has 3 heteroatoms. The lowest BCUT2D eigenvalue weighted by Crippen LogP contribution is -2.12. The molecule has 0 spiro atoms. The molecule has 0 amide bonds. The van der Waals surface area contributed by atoms with Gasteiger partial charge in [-0.1, -0.05) is 34.1 Å². The molecule has 1 heterocycles. The Bertz CT molecular complexity index is 344. The van der Waals surface area contributed by atoms with Crippen LogP contribution in [-0.2, 0) is 25.3 Å². The molecule has 1 aromatic rings. The molecular formula is C14H25ClN2. The maximum atomic E-state index is 6.05. The number of hydrogen-bond acceptors (Lipinski definition) is 1. The number of halogens is 1. The first-order valence-corrected chi connectivity index (χ1v) is 7.34. The van der Waals surface area contributed by atoms with Crippen LogP contribution in [0.25, 0.3) is 0 Å². The second-order valence-electron chi connectivity index (χ2n) is 4.79. The molecule has 1 rings (SSSR count). The van der Waals surface area contributed by atoms with E-state index in [1.807, 2.05) is 0 Å². The summed E-state index contributed by atoms with van der Waals surface area (Å²) in [7, 11) is 0. The second kappa shape index (κ2) is 7.05. The minimum atomic E-state index is 0.592. The van der Waals surface area contributed by atoms with Crippen molar-refractivity contribution >= 4 is 11.6 Å². The molecule has 0 fully saturated rings. The zero-order valence-corrected chi connectivity index (χ0v) is 12.3. The quantitative estimate of drug-likeness (QED) is 0.669. The van der Waals surface area contributed by atoms with Crippen LogP contribution in [0.4, 0.5) is 0 Å². The third kappa shape index (κ3) is 3.48. The van der Waals surface area contributed by atoms with Crippen LogP contribution in [0.1, 0.15) is 57.5 Å². The number of hydrogen-bond donors (Lipinski definition) is 0. The molecule has 1 unspecified atom stereocenters. The van der Waals surface area contributed by atoms with E-state index in [0.717, 1.165) is 19.4 Å². The third-order valence-electron chi connectivity index (χ3n) is 3.32. The fourth-order valence-corrected chi connectivity index (χ4v) is 2.76. The molecule has 0 bridgehead atoms. The molecule has 0 aromatic carbocycles. The maximum absolute atomic E-state index is 6.05. The number of aromatic nitrogens is 2. The van der Waals surface area contributed by atoms with Gasteiger partial charge in [-0.3, -0.25) is 4.68 Å². The first-order chi connectivity index (χ1) is 8.17. The maximum Gasteiger partial charge on any atom is 0.0668 e. The minimum absolute atomic E-state index is 0.592. The van der Waals surface area contributed by atoms with E-state index in [1.54, 1.807) is 0 Å². The van der Waals surface area contributed by atoms with Crippen LogP contribution in [0.15, 0.2) is 0 Å². The first-order valence-electron chi connectivity index (χ1n) is 6.81. The Morgan fingerprint density at radius 1 is 1.24 bits per heavy atom. The van der Waals surface area contributed by atoms with Crippen LogP contribution in [-0.4, -0.2) is 9.78 Å². The molecule has 0 radical (unpaired) electrons. The number of aryl methyl sites for hydroxylation is 1. The molecule has 0 N–H and O–H groups in total. The summed E-state index contributed by atoms with van der Waals surface area (Å²) in [5.74, 6) is 1.28. The van der Waals surface area contributed by atoms with Crippen molar-refractivity contribution in [3.63, 3.8) is 0 Å².